The average molecular weight is 315 g/mol. The fourth-order valence-corrected chi connectivity index (χ4v) is 2.35. The number of carbonyl (C=O) groups excluding carboxylic acids is 2. The van der Waals surface area contributed by atoms with Crippen LogP contribution in [0.4, 0.5) is 5.69 Å². The summed E-state index contributed by atoms with van der Waals surface area (Å²) < 4.78 is 4.69. The minimum Gasteiger partial charge on any atom is -0.465 e. The first-order valence-electron chi connectivity index (χ1n) is 6.69. The second kappa shape index (κ2) is 7.13. The zero-order valence-corrected chi connectivity index (χ0v) is 13.5. The van der Waals surface area contributed by atoms with Crippen molar-refractivity contribution in [1.29, 1.82) is 0 Å². The molecule has 1 amide bonds. The van der Waals surface area contributed by atoms with Gasteiger partial charge in [0.1, 0.15) is 0 Å². The fourth-order valence-electron chi connectivity index (χ4n) is 1.94. The number of methoxy groups -OCH3 is 1. The van der Waals surface area contributed by atoms with Gasteiger partial charge in [-0.25, -0.2) is 4.79 Å². The van der Waals surface area contributed by atoms with E-state index in [2.05, 4.69) is 5.32 Å². The zero-order chi connectivity index (χ0) is 16.1. The van der Waals surface area contributed by atoms with Gasteiger partial charge in [0.05, 0.1) is 12.7 Å². The quantitative estimate of drug-likeness (QED) is 0.689. The third-order valence-electron chi connectivity index (χ3n) is 3.26. The number of ether oxygens (including phenoxy) is 1. The van der Waals surface area contributed by atoms with Crippen LogP contribution in [0.5, 0.6) is 0 Å². The maximum Gasteiger partial charge on any atom is 0.337 e. The van der Waals surface area contributed by atoms with Crippen LogP contribution in [0.15, 0.2) is 47.4 Å². The van der Waals surface area contributed by atoms with E-state index in [4.69, 9.17) is 4.74 Å². The molecule has 0 unspecified atom stereocenters. The summed E-state index contributed by atoms with van der Waals surface area (Å²) >= 11 is 1.62. The molecule has 0 aliphatic heterocycles. The smallest absolute Gasteiger partial charge is 0.337 e. The Morgan fingerprint density at radius 2 is 1.68 bits per heavy atom. The Morgan fingerprint density at radius 3 is 2.27 bits per heavy atom. The Kier molecular flexibility index (Phi) is 5.22. The molecule has 0 bridgehead atoms. The molecule has 0 radical (unpaired) electrons. The van der Waals surface area contributed by atoms with Crippen LogP contribution in [0.2, 0.25) is 0 Å². The van der Waals surface area contributed by atoms with Crippen LogP contribution in [-0.4, -0.2) is 25.2 Å². The van der Waals surface area contributed by atoms with Gasteiger partial charge in [-0.15, -0.1) is 11.8 Å². The van der Waals surface area contributed by atoms with Gasteiger partial charge < -0.3 is 10.1 Å². The summed E-state index contributed by atoms with van der Waals surface area (Å²) in [7, 11) is 1.33. The Labute approximate surface area is 133 Å². The van der Waals surface area contributed by atoms with Crippen LogP contribution < -0.4 is 5.32 Å². The first-order valence-corrected chi connectivity index (χ1v) is 7.92. The van der Waals surface area contributed by atoms with E-state index in [1.54, 1.807) is 42.1 Å². The van der Waals surface area contributed by atoms with Crippen molar-refractivity contribution in [2.24, 2.45) is 0 Å². The second-order valence-corrected chi connectivity index (χ2v) is 5.58. The molecule has 1 N–H and O–H groups in total. The maximum atomic E-state index is 12.3. The van der Waals surface area contributed by atoms with Gasteiger partial charge in [-0.3, -0.25) is 4.79 Å². The number of esters is 1. The van der Waals surface area contributed by atoms with Crippen molar-refractivity contribution in [3.8, 4) is 0 Å². The number of hydrogen-bond acceptors (Lipinski definition) is 4. The van der Waals surface area contributed by atoms with E-state index in [0.717, 1.165) is 10.5 Å². The van der Waals surface area contributed by atoms with Gasteiger partial charge in [-0.05, 0) is 55.1 Å². The molecule has 5 heteroatoms. The van der Waals surface area contributed by atoms with Crippen molar-refractivity contribution in [3.63, 3.8) is 0 Å². The molecule has 0 fully saturated rings. The van der Waals surface area contributed by atoms with Gasteiger partial charge in [0, 0.05) is 16.1 Å². The Bertz CT molecular complexity index is 696. The number of hydrogen-bond donors (Lipinski definition) is 1. The molecule has 0 saturated heterocycles. The number of benzene rings is 2. The summed E-state index contributed by atoms with van der Waals surface area (Å²) in [6.07, 6.45) is 1.98. The minimum atomic E-state index is -0.431. The van der Waals surface area contributed by atoms with Crippen molar-refractivity contribution in [2.45, 2.75) is 11.8 Å². The first-order chi connectivity index (χ1) is 10.5. The normalized spacial score (nSPS) is 10.1. The molecular formula is C17H17NO3S. The standard InChI is InChI=1S/C17H17NO3S/c1-11-4-5-13(17(20)21-2)10-15(11)18-16(19)12-6-8-14(22-3)9-7-12/h4-10H,1-3H3,(H,18,19). The van der Waals surface area contributed by atoms with Crippen LogP contribution in [0.1, 0.15) is 26.3 Å². The summed E-state index contributed by atoms with van der Waals surface area (Å²) in [5.74, 6) is -0.641. The third kappa shape index (κ3) is 3.68. The van der Waals surface area contributed by atoms with Crippen LogP contribution in [0.25, 0.3) is 0 Å². The number of rotatable bonds is 4. The highest BCUT2D eigenvalue weighted by atomic mass is 32.2. The molecule has 2 rings (SSSR count). The first kappa shape index (κ1) is 16.1. The van der Waals surface area contributed by atoms with Crippen LogP contribution in [-0.2, 0) is 4.74 Å². The van der Waals surface area contributed by atoms with Gasteiger partial charge in [0.15, 0.2) is 0 Å². The van der Waals surface area contributed by atoms with Crippen molar-refractivity contribution < 1.29 is 14.3 Å². The van der Waals surface area contributed by atoms with Gasteiger partial charge in [-0.2, -0.15) is 0 Å². The molecule has 22 heavy (non-hydrogen) atoms. The lowest BCUT2D eigenvalue weighted by molar-refractivity contribution is 0.0600. The number of thioether (sulfide) groups is 1. The number of anilines is 1. The molecule has 0 spiro atoms. The van der Waals surface area contributed by atoms with Crippen molar-refractivity contribution in [1.82, 2.24) is 0 Å². The highest BCUT2D eigenvalue weighted by molar-refractivity contribution is 7.98. The molecule has 4 nitrogen and oxygen atoms in total. The van der Waals surface area contributed by atoms with Gasteiger partial charge in [0.25, 0.3) is 5.91 Å². The largest absolute Gasteiger partial charge is 0.465 e. The van der Waals surface area contributed by atoms with E-state index in [1.165, 1.54) is 7.11 Å². The van der Waals surface area contributed by atoms with E-state index < -0.39 is 5.97 Å². The number of carbonyl (C=O) groups is 2. The fraction of sp³-hybridized carbons (Fsp3) is 0.176. The van der Waals surface area contributed by atoms with Crippen molar-refractivity contribution in [3.05, 3.63) is 59.2 Å². The van der Waals surface area contributed by atoms with Crippen molar-refractivity contribution in [2.75, 3.05) is 18.7 Å². The van der Waals surface area contributed by atoms with Crippen LogP contribution >= 0.6 is 11.8 Å². The molecule has 0 aliphatic rings. The molecule has 2 aromatic rings. The average Bonchev–Trinajstić information content (AvgIpc) is 2.56. The molecule has 0 atom stereocenters. The lowest BCUT2D eigenvalue weighted by Gasteiger charge is -2.10. The summed E-state index contributed by atoms with van der Waals surface area (Å²) in [6, 6.07) is 12.4. The SMILES string of the molecule is COC(=O)c1ccc(C)c(NC(=O)c2ccc(SC)cc2)c1. The molecule has 0 aromatic heterocycles. The lowest BCUT2D eigenvalue weighted by Crippen LogP contribution is -2.13. The van der Waals surface area contributed by atoms with E-state index >= 15 is 0 Å². The predicted molar refractivity (Wildman–Crippen MR) is 88.7 cm³/mol. The maximum absolute atomic E-state index is 12.3. The Morgan fingerprint density at radius 1 is 1.05 bits per heavy atom. The molecule has 0 aliphatic carbocycles. The van der Waals surface area contributed by atoms with E-state index in [-0.39, 0.29) is 5.91 Å². The van der Waals surface area contributed by atoms with Crippen LogP contribution in [0.3, 0.4) is 0 Å². The minimum absolute atomic E-state index is 0.210. The van der Waals surface area contributed by atoms with Gasteiger partial charge >= 0.3 is 5.97 Å². The third-order valence-corrected chi connectivity index (χ3v) is 4.00. The van der Waals surface area contributed by atoms with Gasteiger partial charge in [0.2, 0.25) is 0 Å². The summed E-state index contributed by atoms with van der Waals surface area (Å²) in [4.78, 5) is 24.9. The predicted octanol–water partition coefficient (Wildman–Crippen LogP) is 3.76. The van der Waals surface area contributed by atoms with Crippen molar-refractivity contribution >= 4 is 29.3 Å². The van der Waals surface area contributed by atoms with E-state index in [1.807, 2.05) is 25.3 Å². The number of nitrogens with one attached hydrogen (secondary N) is 1. The molecule has 0 saturated carbocycles. The Hall–Kier alpha value is -2.27. The zero-order valence-electron chi connectivity index (χ0n) is 12.7. The second-order valence-electron chi connectivity index (χ2n) is 4.70. The lowest BCUT2D eigenvalue weighted by atomic mass is 10.1. The number of aryl methyl sites for hydroxylation is 1. The highest BCUT2D eigenvalue weighted by Gasteiger charge is 2.11. The topological polar surface area (TPSA) is 55.4 Å². The van der Waals surface area contributed by atoms with E-state index in [9.17, 15) is 9.59 Å². The molecule has 0 heterocycles. The Balaban J connectivity index is 2.21. The molecule has 114 valence electrons. The summed E-state index contributed by atoms with van der Waals surface area (Å²) in [6.45, 7) is 1.87. The highest BCUT2D eigenvalue weighted by Crippen LogP contribution is 2.20. The number of amides is 1. The van der Waals surface area contributed by atoms with Gasteiger partial charge in [-0.1, -0.05) is 6.07 Å². The monoisotopic (exact) mass is 315 g/mol. The summed E-state index contributed by atoms with van der Waals surface area (Å²) in [5.41, 5.74) is 2.45. The summed E-state index contributed by atoms with van der Waals surface area (Å²) in [5, 5.41) is 2.83. The van der Waals surface area contributed by atoms with Crippen LogP contribution in [0, 0.1) is 6.92 Å². The van der Waals surface area contributed by atoms with E-state index in [0.29, 0.717) is 16.8 Å². The molecule has 2 aromatic carbocycles. The molecular weight excluding hydrogens is 298 g/mol.